The van der Waals surface area contributed by atoms with Crippen LogP contribution in [0.2, 0.25) is 0 Å². The summed E-state index contributed by atoms with van der Waals surface area (Å²) in [5, 5.41) is 9.10. The van der Waals surface area contributed by atoms with Crippen LogP contribution in [0.4, 0.5) is 9.59 Å². The number of nitrogens with zero attached hydrogens (tertiary/aromatic N) is 1. The van der Waals surface area contributed by atoms with Gasteiger partial charge in [0, 0.05) is 7.05 Å². The third-order valence-corrected chi connectivity index (χ3v) is 2.38. The number of hydrogen-bond acceptors (Lipinski definition) is 4. The van der Waals surface area contributed by atoms with Crippen molar-refractivity contribution >= 4 is 12.1 Å². The van der Waals surface area contributed by atoms with E-state index in [1.165, 1.54) is 7.05 Å². The molecule has 6 heteroatoms. The summed E-state index contributed by atoms with van der Waals surface area (Å²) in [5.74, 6) is 0.216. The Bertz CT molecular complexity index is 417. The first-order valence-electron chi connectivity index (χ1n) is 5.48. The van der Waals surface area contributed by atoms with Crippen molar-refractivity contribution in [1.29, 1.82) is 0 Å². The van der Waals surface area contributed by atoms with Crippen LogP contribution in [0.5, 0.6) is 5.75 Å². The number of primary amides is 1. The maximum Gasteiger partial charge on any atom is 0.417 e. The molecule has 0 aliphatic heterocycles. The van der Waals surface area contributed by atoms with Gasteiger partial charge in [0.05, 0.1) is 6.61 Å². The molecule has 1 rings (SSSR count). The van der Waals surface area contributed by atoms with Gasteiger partial charge in [0.25, 0.3) is 0 Å². The summed E-state index contributed by atoms with van der Waals surface area (Å²) in [4.78, 5) is 22.6. The number of carbonyl (C=O) groups is 2. The van der Waals surface area contributed by atoms with Gasteiger partial charge in [-0.1, -0.05) is 12.1 Å². The van der Waals surface area contributed by atoms with Gasteiger partial charge in [-0.25, -0.2) is 14.5 Å². The predicted molar refractivity (Wildman–Crippen MR) is 65.1 cm³/mol. The van der Waals surface area contributed by atoms with Crippen LogP contribution in [-0.4, -0.2) is 35.8 Å². The van der Waals surface area contributed by atoms with Crippen molar-refractivity contribution in [3.05, 3.63) is 29.8 Å². The number of aromatic hydroxyl groups is 1. The van der Waals surface area contributed by atoms with Crippen LogP contribution in [-0.2, 0) is 11.2 Å². The second kappa shape index (κ2) is 6.48. The zero-order valence-corrected chi connectivity index (χ0v) is 10.1. The zero-order valence-electron chi connectivity index (χ0n) is 10.1. The topological polar surface area (TPSA) is 92.9 Å². The van der Waals surface area contributed by atoms with E-state index in [1.54, 1.807) is 24.3 Å². The number of phenols is 1. The van der Waals surface area contributed by atoms with Gasteiger partial charge in [-0.05, 0) is 30.5 Å². The first-order chi connectivity index (χ1) is 8.50. The predicted octanol–water partition coefficient (Wildman–Crippen LogP) is 1.47. The number of rotatable bonds is 4. The molecule has 0 saturated carbocycles. The van der Waals surface area contributed by atoms with Crippen molar-refractivity contribution in [3.63, 3.8) is 0 Å². The number of nitrogens with two attached hydrogens (primary N) is 1. The maximum absolute atomic E-state index is 11.2. The van der Waals surface area contributed by atoms with Gasteiger partial charge in [-0.15, -0.1) is 0 Å². The summed E-state index contributed by atoms with van der Waals surface area (Å²) in [6.45, 7) is 0.206. The highest BCUT2D eigenvalue weighted by molar-refractivity contribution is 5.89. The molecule has 0 unspecified atom stereocenters. The third-order valence-electron chi connectivity index (χ3n) is 2.38. The zero-order chi connectivity index (χ0) is 13.5. The van der Waals surface area contributed by atoms with E-state index < -0.39 is 12.1 Å². The van der Waals surface area contributed by atoms with Gasteiger partial charge >= 0.3 is 12.1 Å². The molecule has 0 saturated heterocycles. The summed E-state index contributed by atoms with van der Waals surface area (Å²) < 4.78 is 4.85. The number of imide groups is 1. The number of benzene rings is 1. The Morgan fingerprint density at radius 3 is 2.50 bits per heavy atom. The molecular formula is C12H16N2O4. The highest BCUT2D eigenvalue weighted by Crippen LogP contribution is 2.11. The minimum absolute atomic E-state index is 0.206. The van der Waals surface area contributed by atoms with Crippen LogP contribution in [0, 0.1) is 0 Å². The maximum atomic E-state index is 11.2. The lowest BCUT2D eigenvalue weighted by Crippen LogP contribution is -2.37. The lowest BCUT2D eigenvalue weighted by molar-refractivity contribution is 0.117. The first kappa shape index (κ1) is 13.8. The van der Waals surface area contributed by atoms with E-state index in [9.17, 15) is 9.59 Å². The number of amides is 3. The fourth-order valence-corrected chi connectivity index (χ4v) is 1.29. The fraction of sp³-hybridized carbons (Fsp3) is 0.333. The molecule has 0 aromatic heterocycles. The van der Waals surface area contributed by atoms with Crippen LogP contribution in [0.3, 0.4) is 0 Å². The molecule has 0 atom stereocenters. The van der Waals surface area contributed by atoms with E-state index in [0.29, 0.717) is 17.7 Å². The second-order valence-corrected chi connectivity index (χ2v) is 3.78. The van der Waals surface area contributed by atoms with Gasteiger partial charge < -0.3 is 15.6 Å². The smallest absolute Gasteiger partial charge is 0.417 e. The Morgan fingerprint density at radius 2 is 1.94 bits per heavy atom. The average molecular weight is 252 g/mol. The van der Waals surface area contributed by atoms with Crippen molar-refractivity contribution in [2.45, 2.75) is 12.8 Å². The minimum Gasteiger partial charge on any atom is -0.508 e. The first-order valence-corrected chi connectivity index (χ1v) is 5.48. The van der Waals surface area contributed by atoms with E-state index in [2.05, 4.69) is 0 Å². The van der Waals surface area contributed by atoms with Crippen molar-refractivity contribution < 1.29 is 19.4 Å². The molecule has 18 heavy (non-hydrogen) atoms. The van der Waals surface area contributed by atoms with Crippen molar-refractivity contribution in [2.24, 2.45) is 5.73 Å². The van der Waals surface area contributed by atoms with Crippen LogP contribution < -0.4 is 5.73 Å². The van der Waals surface area contributed by atoms with Crippen molar-refractivity contribution in [1.82, 2.24) is 4.90 Å². The van der Waals surface area contributed by atoms with Gasteiger partial charge in [-0.2, -0.15) is 0 Å². The van der Waals surface area contributed by atoms with Crippen LogP contribution in [0.1, 0.15) is 12.0 Å². The Hall–Kier alpha value is -2.24. The van der Waals surface area contributed by atoms with Gasteiger partial charge in [-0.3, -0.25) is 0 Å². The summed E-state index contributed by atoms with van der Waals surface area (Å²) in [7, 11) is 1.25. The van der Waals surface area contributed by atoms with Crippen LogP contribution in [0.15, 0.2) is 24.3 Å². The van der Waals surface area contributed by atoms with E-state index in [0.717, 1.165) is 5.56 Å². The highest BCUT2D eigenvalue weighted by Gasteiger charge is 2.14. The minimum atomic E-state index is -0.849. The van der Waals surface area contributed by atoms with Gasteiger partial charge in [0.1, 0.15) is 5.75 Å². The summed E-state index contributed by atoms with van der Waals surface area (Å²) >= 11 is 0. The number of phenolic OH excluding ortho intramolecular Hbond substituents is 1. The molecule has 0 bridgehead atoms. The molecule has 0 heterocycles. The molecule has 0 fully saturated rings. The molecule has 6 nitrogen and oxygen atoms in total. The molecule has 0 aliphatic rings. The summed E-state index contributed by atoms with van der Waals surface area (Å²) in [6.07, 6.45) is 0.588. The van der Waals surface area contributed by atoms with E-state index in [4.69, 9.17) is 15.6 Å². The highest BCUT2D eigenvalue weighted by atomic mass is 16.6. The second-order valence-electron chi connectivity index (χ2n) is 3.78. The Labute approximate surface area is 105 Å². The molecule has 0 radical (unpaired) electrons. The molecule has 1 aromatic carbocycles. The molecule has 98 valence electrons. The lowest BCUT2D eigenvalue weighted by Gasteiger charge is -2.12. The number of ether oxygens (including phenoxy) is 1. The van der Waals surface area contributed by atoms with Crippen molar-refractivity contribution in [3.8, 4) is 5.75 Å². The molecule has 1 aromatic rings. The van der Waals surface area contributed by atoms with Crippen LogP contribution in [0.25, 0.3) is 0 Å². The number of hydrogen-bond donors (Lipinski definition) is 2. The van der Waals surface area contributed by atoms with Crippen LogP contribution >= 0.6 is 0 Å². The standard InChI is InChI=1S/C12H16N2O4/c1-14(11(13)16)12(17)18-8-2-3-9-4-6-10(15)7-5-9/h4-7,15H,2-3,8H2,1H3,(H2,13,16). The quantitative estimate of drug-likeness (QED) is 0.793. The molecular weight excluding hydrogens is 236 g/mol. The average Bonchev–Trinajstić information content (AvgIpc) is 2.35. The third kappa shape index (κ3) is 4.32. The van der Waals surface area contributed by atoms with E-state index in [-0.39, 0.29) is 12.4 Å². The Balaban J connectivity index is 2.25. The van der Waals surface area contributed by atoms with Gasteiger partial charge in [0.15, 0.2) is 0 Å². The van der Waals surface area contributed by atoms with E-state index >= 15 is 0 Å². The van der Waals surface area contributed by atoms with Gasteiger partial charge in [0.2, 0.25) is 0 Å². The fourth-order valence-electron chi connectivity index (χ4n) is 1.29. The number of aryl methyl sites for hydroxylation is 1. The Kier molecular flexibility index (Phi) is 4.98. The monoisotopic (exact) mass is 252 g/mol. The van der Waals surface area contributed by atoms with E-state index in [1.807, 2.05) is 0 Å². The summed E-state index contributed by atoms with van der Waals surface area (Å²) in [6, 6.07) is 5.95. The lowest BCUT2D eigenvalue weighted by atomic mass is 10.1. The normalized spacial score (nSPS) is 9.83. The number of carbonyl (C=O) groups excluding carboxylic acids is 2. The summed E-state index contributed by atoms with van der Waals surface area (Å²) in [5.41, 5.74) is 5.94. The molecule has 0 spiro atoms. The van der Waals surface area contributed by atoms with Crippen molar-refractivity contribution in [2.75, 3.05) is 13.7 Å². The molecule has 3 N–H and O–H groups in total. The molecule has 3 amide bonds. The number of urea groups is 1. The largest absolute Gasteiger partial charge is 0.508 e. The molecule has 0 aliphatic carbocycles. The SMILES string of the molecule is CN(C(N)=O)C(=O)OCCCc1ccc(O)cc1. The Morgan fingerprint density at radius 1 is 1.33 bits per heavy atom.